The second kappa shape index (κ2) is 8.01. The highest BCUT2D eigenvalue weighted by atomic mass is 35.5. The molecule has 26 heavy (non-hydrogen) atoms. The Balaban J connectivity index is 1.69. The first-order valence-electron chi connectivity index (χ1n) is 8.10. The van der Waals surface area contributed by atoms with Gasteiger partial charge in [0.25, 0.3) is 5.91 Å². The molecule has 0 aliphatic carbocycles. The molecule has 134 valence electrons. The normalized spacial score (nSPS) is 11.8. The molecule has 0 aliphatic rings. The van der Waals surface area contributed by atoms with E-state index in [0.29, 0.717) is 28.1 Å². The topological polar surface area (TPSA) is 77.2 Å². The maximum atomic E-state index is 12.7. The van der Waals surface area contributed by atoms with E-state index in [-0.39, 0.29) is 18.6 Å². The lowest BCUT2D eigenvalue weighted by molar-refractivity contribution is 0.0935. The van der Waals surface area contributed by atoms with Crippen LogP contribution in [0, 0.1) is 6.92 Å². The maximum Gasteiger partial charge on any atom is 0.255 e. The van der Waals surface area contributed by atoms with Gasteiger partial charge in [-0.2, -0.15) is 4.98 Å². The number of benzene rings is 2. The van der Waals surface area contributed by atoms with E-state index < -0.39 is 0 Å². The summed E-state index contributed by atoms with van der Waals surface area (Å²) in [4.78, 5) is 16.7. The third-order valence-electron chi connectivity index (χ3n) is 3.78. The smallest absolute Gasteiger partial charge is 0.255 e. The Hall–Kier alpha value is -2.86. The molecule has 0 saturated heterocycles. The Morgan fingerprint density at radius 1 is 1.23 bits per heavy atom. The number of amides is 1. The van der Waals surface area contributed by atoms with Gasteiger partial charge >= 0.3 is 0 Å². The summed E-state index contributed by atoms with van der Waals surface area (Å²) < 4.78 is 10.6. The van der Waals surface area contributed by atoms with Crippen LogP contribution in [0.25, 0.3) is 0 Å². The van der Waals surface area contributed by atoms with E-state index in [2.05, 4.69) is 15.5 Å². The summed E-state index contributed by atoms with van der Waals surface area (Å²) >= 11 is 5.90. The molecule has 6 nitrogen and oxygen atoms in total. The predicted octanol–water partition coefficient (Wildman–Crippen LogP) is 4.10. The largest absolute Gasteiger partial charge is 0.485 e. The Labute approximate surface area is 156 Å². The fourth-order valence-electron chi connectivity index (χ4n) is 2.43. The van der Waals surface area contributed by atoms with Crippen molar-refractivity contribution in [1.29, 1.82) is 0 Å². The molecule has 3 rings (SSSR count). The minimum atomic E-state index is -0.229. The molecule has 0 fully saturated rings. The van der Waals surface area contributed by atoms with E-state index in [1.807, 2.05) is 19.1 Å². The van der Waals surface area contributed by atoms with Crippen LogP contribution in [0.4, 0.5) is 0 Å². The summed E-state index contributed by atoms with van der Waals surface area (Å²) in [6, 6.07) is 14.2. The number of aryl methyl sites for hydroxylation is 1. The van der Waals surface area contributed by atoms with Gasteiger partial charge in [0.1, 0.15) is 5.75 Å². The number of halogens is 1. The lowest BCUT2D eigenvalue weighted by atomic mass is 10.1. The molecule has 1 aromatic heterocycles. The Morgan fingerprint density at radius 2 is 1.96 bits per heavy atom. The predicted molar refractivity (Wildman–Crippen MR) is 97.1 cm³/mol. The second-order valence-electron chi connectivity index (χ2n) is 5.76. The Bertz CT molecular complexity index is 893. The molecule has 0 radical (unpaired) electrons. The van der Waals surface area contributed by atoms with Gasteiger partial charge in [-0.15, -0.1) is 0 Å². The van der Waals surface area contributed by atoms with Crippen molar-refractivity contribution in [2.24, 2.45) is 0 Å². The first-order valence-corrected chi connectivity index (χ1v) is 8.48. The van der Waals surface area contributed by atoms with Crippen molar-refractivity contribution in [3.63, 3.8) is 0 Å². The highest BCUT2D eigenvalue weighted by molar-refractivity contribution is 6.30. The Morgan fingerprint density at radius 3 is 2.65 bits per heavy atom. The number of rotatable bonds is 6. The van der Waals surface area contributed by atoms with Crippen LogP contribution in [-0.2, 0) is 6.61 Å². The zero-order valence-electron chi connectivity index (χ0n) is 14.4. The molecule has 0 unspecified atom stereocenters. The van der Waals surface area contributed by atoms with Gasteiger partial charge in [-0.3, -0.25) is 4.79 Å². The molecule has 7 heteroatoms. The number of aromatic nitrogens is 2. The number of nitrogens with zero attached hydrogens (tertiary/aromatic N) is 2. The molecule has 2 aromatic carbocycles. The lowest BCUT2D eigenvalue weighted by Gasteiger charge is -2.16. The molecular weight excluding hydrogens is 354 g/mol. The Kier molecular flexibility index (Phi) is 5.53. The van der Waals surface area contributed by atoms with Crippen molar-refractivity contribution in [1.82, 2.24) is 15.5 Å². The summed E-state index contributed by atoms with van der Waals surface area (Å²) in [6.07, 6.45) is 0. The number of carbonyl (C=O) groups excluding carboxylic acids is 1. The SMILES string of the molecule is Cc1nc(COc2ccccc2C(=O)N[C@H](C)c2ccc(Cl)cc2)no1. The van der Waals surface area contributed by atoms with Crippen LogP contribution in [0.3, 0.4) is 0 Å². The average molecular weight is 372 g/mol. The van der Waals surface area contributed by atoms with Crippen molar-refractivity contribution >= 4 is 17.5 Å². The van der Waals surface area contributed by atoms with E-state index in [4.69, 9.17) is 20.9 Å². The van der Waals surface area contributed by atoms with Crippen LogP contribution >= 0.6 is 11.6 Å². The van der Waals surface area contributed by atoms with Crippen molar-refractivity contribution < 1.29 is 14.1 Å². The zero-order chi connectivity index (χ0) is 18.5. The van der Waals surface area contributed by atoms with Gasteiger partial charge < -0.3 is 14.6 Å². The van der Waals surface area contributed by atoms with Crippen LogP contribution in [0.2, 0.25) is 5.02 Å². The van der Waals surface area contributed by atoms with Crippen molar-refractivity contribution in [3.05, 3.63) is 76.4 Å². The zero-order valence-corrected chi connectivity index (χ0v) is 15.2. The fourth-order valence-corrected chi connectivity index (χ4v) is 2.56. The van der Waals surface area contributed by atoms with Crippen LogP contribution in [0.5, 0.6) is 5.75 Å². The molecule has 0 bridgehead atoms. The van der Waals surface area contributed by atoms with Gasteiger partial charge in [0.2, 0.25) is 11.7 Å². The number of hydrogen-bond acceptors (Lipinski definition) is 5. The van der Waals surface area contributed by atoms with Gasteiger partial charge in [0.05, 0.1) is 11.6 Å². The quantitative estimate of drug-likeness (QED) is 0.705. The van der Waals surface area contributed by atoms with Crippen molar-refractivity contribution in [3.8, 4) is 5.75 Å². The third kappa shape index (κ3) is 4.40. The number of nitrogens with one attached hydrogen (secondary N) is 1. The standard InChI is InChI=1S/C19H18ClN3O3/c1-12(14-7-9-15(20)10-8-14)21-19(24)16-5-3-4-6-17(16)25-11-18-22-13(2)26-23-18/h3-10,12H,11H2,1-2H3,(H,21,24)/t12-/m1/s1. The number of ether oxygens (including phenoxy) is 1. The monoisotopic (exact) mass is 371 g/mol. The van der Waals surface area contributed by atoms with Gasteiger partial charge in [-0.1, -0.05) is 41.0 Å². The van der Waals surface area contributed by atoms with Gasteiger partial charge in [0, 0.05) is 11.9 Å². The van der Waals surface area contributed by atoms with E-state index in [9.17, 15) is 4.79 Å². The molecule has 3 aromatic rings. The summed E-state index contributed by atoms with van der Waals surface area (Å²) in [5, 5.41) is 7.40. The second-order valence-corrected chi connectivity index (χ2v) is 6.20. The highest BCUT2D eigenvalue weighted by Gasteiger charge is 2.16. The van der Waals surface area contributed by atoms with Gasteiger partial charge in [-0.25, -0.2) is 0 Å². The van der Waals surface area contributed by atoms with Crippen LogP contribution in [-0.4, -0.2) is 16.0 Å². The number of para-hydroxylation sites is 1. The average Bonchev–Trinajstić information content (AvgIpc) is 3.06. The lowest BCUT2D eigenvalue weighted by Crippen LogP contribution is -2.27. The first-order chi connectivity index (χ1) is 12.5. The van der Waals surface area contributed by atoms with Crippen LogP contribution in [0.1, 0.15) is 40.6 Å². The van der Waals surface area contributed by atoms with E-state index in [1.165, 1.54) is 0 Å². The van der Waals surface area contributed by atoms with Gasteiger partial charge in [0.15, 0.2) is 6.61 Å². The highest BCUT2D eigenvalue weighted by Crippen LogP contribution is 2.21. The van der Waals surface area contributed by atoms with E-state index in [1.54, 1.807) is 43.3 Å². The molecule has 1 N–H and O–H groups in total. The minimum Gasteiger partial charge on any atom is -0.485 e. The third-order valence-corrected chi connectivity index (χ3v) is 4.03. The molecular formula is C19H18ClN3O3. The summed E-state index contributed by atoms with van der Waals surface area (Å²) in [7, 11) is 0. The van der Waals surface area contributed by atoms with E-state index in [0.717, 1.165) is 5.56 Å². The summed E-state index contributed by atoms with van der Waals surface area (Å²) in [5.74, 6) is 1.11. The summed E-state index contributed by atoms with van der Waals surface area (Å²) in [6.45, 7) is 3.73. The molecule has 0 aliphatic heterocycles. The van der Waals surface area contributed by atoms with Crippen LogP contribution in [0.15, 0.2) is 53.1 Å². The number of carbonyl (C=O) groups is 1. The maximum absolute atomic E-state index is 12.7. The minimum absolute atomic E-state index is 0.119. The number of hydrogen-bond donors (Lipinski definition) is 1. The molecule has 1 heterocycles. The van der Waals surface area contributed by atoms with Crippen LogP contribution < -0.4 is 10.1 Å². The van der Waals surface area contributed by atoms with Crippen molar-refractivity contribution in [2.45, 2.75) is 26.5 Å². The fraction of sp³-hybridized carbons (Fsp3) is 0.211. The molecule has 0 spiro atoms. The first kappa shape index (κ1) is 17.9. The summed E-state index contributed by atoms with van der Waals surface area (Å²) in [5.41, 5.74) is 1.40. The molecule has 0 saturated carbocycles. The van der Waals surface area contributed by atoms with Gasteiger partial charge in [-0.05, 0) is 36.8 Å². The van der Waals surface area contributed by atoms with E-state index >= 15 is 0 Å². The van der Waals surface area contributed by atoms with Crippen molar-refractivity contribution in [2.75, 3.05) is 0 Å². The molecule has 1 amide bonds. The molecule has 1 atom stereocenters.